The molecule has 1 heterocycles. The van der Waals surface area contributed by atoms with Crippen molar-refractivity contribution < 1.29 is 9.13 Å². The van der Waals surface area contributed by atoms with Crippen LogP contribution >= 0.6 is 0 Å². The molecule has 0 bridgehead atoms. The molecule has 0 saturated carbocycles. The first-order valence-corrected chi connectivity index (χ1v) is 8.28. The molecule has 3 rings (SSSR count). The summed E-state index contributed by atoms with van der Waals surface area (Å²) in [5.41, 5.74) is 1.71. The lowest BCUT2D eigenvalue weighted by Gasteiger charge is -2.09. The van der Waals surface area contributed by atoms with Gasteiger partial charge in [-0.25, -0.2) is 4.39 Å². The lowest BCUT2D eigenvalue weighted by molar-refractivity contribution is 0.414. The van der Waals surface area contributed by atoms with E-state index < -0.39 is 0 Å². The third-order valence-corrected chi connectivity index (χ3v) is 3.81. The molecule has 0 amide bonds. The molecule has 0 radical (unpaired) electrons. The predicted octanol–water partition coefficient (Wildman–Crippen LogP) is 3.29. The Morgan fingerprint density at radius 1 is 1.08 bits per heavy atom. The molecule has 134 valence electrons. The third-order valence-electron chi connectivity index (χ3n) is 3.81. The maximum absolute atomic E-state index is 13.6. The normalized spacial score (nSPS) is 10.4. The molecule has 0 atom stereocenters. The molecule has 0 unspecified atom stereocenters. The van der Waals surface area contributed by atoms with Crippen molar-refractivity contribution in [3.63, 3.8) is 0 Å². The van der Waals surface area contributed by atoms with Crippen LogP contribution in [0.15, 0.2) is 54.7 Å². The number of benzene rings is 2. The highest BCUT2D eigenvalue weighted by atomic mass is 19.1. The molecule has 2 aromatic carbocycles. The van der Waals surface area contributed by atoms with E-state index in [0.29, 0.717) is 30.4 Å². The Bertz CT molecular complexity index is 859. The van der Waals surface area contributed by atoms with Gasteiger partial charge in [0.25, 0.3) is 0 Å². The molecule has 0 saturated heterocycles. The molecule has 0 aliphatic rings. The number of nitrogens with zero attached hydrogens (tertiary/aromatic N) is 3. The number of hydrogen-bond acceptors (Lipinski definition) is 6. The SMILES string of the molecule is COc1cccc(CCNc2cnnc(NCc3ccccc3F)n2)c1. The minimum atomic E-state index is -0.263. The molecule has 2 N–H and O–H groups in total. The third kappa shape index (κ3) is 4.89. The van der Waals surface area contributed by atoms with Crippen LogP contribution in [-0.4, -0.2) is 28.8 Å². The van der Waals surface area contributed by atoms with Gasteiger partial charge < -0.3 is 15.4 Å². The second-order valence-electron chi connectivity index (χ2n) is 5.64. The summed E-state index contributed by atoms with van der Waals surface area (Å²) in [5, 5.41) is 14.0. The van der Waals surface area contributed by atoms with Crippen LogP contribution in [0, 0.1) is 5.82 Å². The van der Waals surface area contributed by atoms with Crippen molar-refractivity contribution >= 4 is 11.8 Å². The van der Waals surface area contributed by atoms with Gasteiger partial charge in [-0.05, 0) is 30.2 Å². The van der Waals surface area contributed by atoms with Crippen LogP contribution in [0.3, 0.4) is 0 Å². The Balaban J connectivity index is 1.53. The molecule has 7 heteroatoms. The Labute approximate surface area is 151 Å². The fraction of sp³-hybridized carbons (Fsp3) is 0.211. The first-order valence-electron chi connectivity index (χ1n) is 8.28. The minimum absolute atomic E-state index is 0.263. The van der Waals surface area contributed by atoms with Gasteiger partial charge in [0.1, 0.15) is 11.6 Å². The van der Waals surface area contributed by atoms with E-state index in [1.54, 1.807) is 31.5 Å². The summed E-state index contributed by atoms with van der Waals surface area (Å²) in [4.78, 5) is 4.34. The minimum Gasteiger partial charge on any atom is -0.497 e. The Morgan fingerprint density at radius 2 is 1.96 bits per heavy atom. The van der Waals surface area contributed by atoms with Crippen LogP contribution in [0.5, 0.6) is 5.75 Å². The van der Waals surface area contributed by atoms with Gasteiger partial charge in [0.2, 0.25) is 5.95 Å². The number of aromatic nitrogens is 3. The summed E-state index contributed by atoms with van der Waals surface area (Å²) in [6.45, 7) is 0.986. The number of halogens is 1. The lowest BCUT2D eigenvalue weighted by Crippen LogP contribution is -2.10. The Morgan fingerprint density at radius 3 is 2.81 bits per heavy atom. The van der Waals surface area contributed by atoms with E-state index in [-0.39, 0.29) is 5.82 Å². The second-order valence-corrected chi connectivity index (χ2v) is 5.64. The van der Waals surface area contributed by atoms with E-state index in [1.165, 1.54) is 6.07 Å². The van der Waals surface area contributed by atoms with Gasteiger partial charge in [0.05, 0.1) is 13.3 Å². The van der Waals surface area contributed by atoms with Gasteiger partial charge in [-0.15, -0.1) is 5.10 Å². The lowest BCUT2D eigenvalue weighted by atomic mass is 10.1. The summed E-state index contributed by atoms with van der Waals surface area (Å²) in [6.07, 6.45) is 2.37. The highest BCUT2D eigenvalue weighted by molar-refractivity contribution is 5.38. The van der Waals surface area contributed by atoms with E-state index in [4.69, 9.17) is 4.74 Å². The van der Waals surface area contributed by atoms with Crippen LogP contribution in [-0.2, 0) is 13.0 Å². The van der Waals surface area contributed by atoms with Gasteiger partial charge >= 0.3 is 0 Å². The summed E-state index contributed by atoms with van der Waals surface area (Å²) >= 11 is 0. The number of nitrogens with one attached hydrogen (secondary N) is 2. The number of anilines is 2. The van der Waals surface area contributed by atoms with E-state index >= 15 is 0 Å². The molecular formula is C19H20FN5O. The molecule has 0 fully saturated rings. The van der Waals surface area contributed by atoms with Crippen LogP contribution in [0.2, 0.25) is 0 Å². The number of rotatable bonds is 8. The molecule has 3 aromatic rings. The molecule has 0 aliphatic carbocycles. The van der Waals surface area contributed by atoms with E-state index in [0.717, 1.165) is 17.7 Å². The first kappa shape index (κ1) is 17.6. The quantitative estimate of drug-likeness (QED) is 0.647. The molecule has 1 aromatic heterocycles. The van der Waals surface area contributed by atoms with E-state index in [1.807, 2.05) is 24.3 Å². The zero-order valence-electron chi connectivity index (χ0n) is 14.4. The van der Waals surface area contributed by atoms with Crippen molar-refractivity contribution in [2.45, 2.75) is 13.0 Å². The Kier molecular flexibility index (Phi) is 5.92. The average molecular weight is 353 g/mol. The van der Waals surface area contributed by atoms with Gasteiger partial charge in [0.15, 0.2) is 5.82 Å². The molecule has 6 nitrogen and oxygen atoms in total. The maximum atomic E-state index is 13.6. The average Bonchev–Trinajstić information content (AvgIpc) is 2.68. The summed E-state index contributed by atoms with van der Waals surface area (Å²) in [5.74, 6) is 1.53. The first-order chi connectivity index (χ1) is 12.7. The van der Waals surface area contributed by atoms with Crippen LogP contribution < -0.4 is 15.4 Å². The van der Waals surface area contributed by atoms with Gasteiger partial charge in [-0.3, -0.25) is 0 Å². The van der Waals surface area contributed by atoms with Crippen molar-refractivity contribution in [2.24, 2.45) is 0 Å². The van der Waals surface area contributed by atoms with Crippen molar-refractivity contribution in [2.75, 3.05) is 24.3 Å². The van der Waals surface area contributed by atoms with Crippen LogP contribution in [0.4, 0.5) is 16.2 Å². The van der Waals surface area contributed by atoms with Crippen molar-refractivity contribution in [3.8, 4) is 5.75 Å². The fourth-order valence-corrected chi connectivity index (χ4v) is 2.44. The topological polar surface area (TPSA) is 72.0 Å². The van der Waals surface area contributed by atoms with E-state index in [9.17, 15) is 4.39 Å². The fourth-order valence-electron chi connectivity index (χ4n) is 2.44. The van der Waals surface area contributed by atoms with Crippen molar-refractivity contribution in [1.82, 2.24) is 15.2 Å². The van der Waals surface area contributed by atoms with Crippen molar-refractivity contribution in [3.05, 3.63) is 71.7 Å². The monoisotopic (exact) mass is 353 g/mol. The number of ether oxygens (including phenoxy) is 1. The molecule has 0 spiro atoms. The smallest absolute Gasteiger partial charge is 0.244 e. The molecular weight excluding hydrogens is 333 g/mol. The second kappa shape index (κ2) is 8.75. The summed E-state index contributed by atoms with van der Waals surface area (Å²) < 4.78 is 18.9. The van der Waals surface area contributed by atoms with Gasteiger partial charge in [0, 0.05) is 18.7 Å². The predicted molar refractivity (Wildman–Crippen MR) is 98.7 cm³/mol. The summed E-state index contributed by atoms with van der Waals surface area (Å²) in [7, 11) is 1.65. The standard InChI is InChI=1S/C19H20FN5O/c1-26-16-7-4-5-14(11-16)9-10-21-18-13-23-25-19(24-18)22-12-15-6-2-3-8-17(15)20/h2-8,11,13H,9-10,12H2,1H3,(H2,21,22,24,25). The molecule has 0 aliphatic heterocycles. The zero-order chi connectivity index (χ0) is 18.2. The van der Waals surface area contributed by atoms with Gasteiger partial charge in [-0.1, -0.05) is 30.3 Å². The van der Waals surface area contributed by atoms with Crippen LogP contribution in [0.1, 0.15) is 11.1 Å². The summed E-state index contributed by atoms with van der Waals surface area (Å²) in [6, 6.07) is 14.5. The van der Waals surface area contributed by atoms with E-state index in [2.05, 4.69) is 25.8 Å². The Hall–Kier alpha value is -3.22. The zero-order valence-corrected chi connectivity index (χ0v) is 14.4. The highest BCUT2D eigenvalue weighted by Crippen LogP contribution is 2.13. The largest absolute Gasteiger partial charge is 0.497 e. The maximum Gasteiger partial charge on any atom is 0.244 e. The van der Waals surface area contributed by atoms with Crippen molar-refractivity contribution in [1.29, 1.82) is 0 Å². The number of hydrogen-bond donors (Lipinski definition) is 2. The highest BCUT2D eigenvalue weighted by Gasteiger charge is 2.04. The molecule has 26 heavy (non-hydrogen) atoms. The number of methoxy groups -OCH3 is 1. The van der Waals surface area contributed by atoms with Gasteiger partial charge in [-0.2, -0.15) is 10.1 Å². The van der Waals surface area contributed by atoms with Crippen LogP contribution in [0.25, 0.3) is 0 Å².